The van der Waals surface area contributed by atoms with Crippen LogP contribution in [0.3, 0.4) is 0 Å². The molecule has 0 saturated heterocycles. The Labute approximate surface area is 153 Å². The van der Waals surface area contributed by atoms with Crippen molar-refractivity contribution >= 4 is 9.84 Å². The number of aryl methyl sites for hydroxylation is 1. The van der Waals surface area contributed by atoms with E-state index < -0.39 is 9.84 Å². The molecule has 0 spiro atoms. The van der Waals surface area contributed by atoms with Gasteiger partial charge in [-0.25, -0.2) is 8.42 Å². The molecule has 0 aliphatic rings. The van der Waals surface area contributed by atoms with Crippen LogP contribution in [0.2, 0.25) is 0 Å². The lowest BCUT2D eigenvalue weighted by Gasteiger charge is -2.10. The Balaban J connectivity index is 2.09. The number of aromatic amines is 1. The summed E-state index contributed by atoms with van der Waals surface area (Å²) in [5.41, 5.74) is 4.84. The van der Waals surface area contributed by atoms with Crippen LogP contribution < -0.4 is 9.47 Å². The molecule has 5 nitrogen and oxygen atoms in total. The molecule has 1 N–H and O–H groups in total. The number of hydrogen-bond donors (Lipinski definition) is 1. The SMILES string of the molecule is COc1ccc(-c2cc(C)[nH]c2-c2ccc(S(C)(=O)=O)cc2)cc1OC. The summed E-state index contributed by atoms with van der Waals surface area (Å²) in [6.07, 6.45) is 1.20. The molecule has 0 aliphatic carbocycles. The quantitative estimate of drug-likeness (QED) is 0.734. The average Bonchev–Trinajstić information content (AvgIpc) is 3.02. The highest BCUT2D eigenvalue weighted by Crippen LogP contribution is 2.37. The molecule has 0 atom stereocenters. The highest BCUT2D eigenvalue weighted by Gasteiger charge is 2.14. The van der Waals surface area contributed by atoms with Crippen molar-refractivity contribution in [2.45, 2.75) is 11.8 Å². The second kappa shape index (κ2) is 6.88. The second-order valence-corrected chi connectivity index (χ2v) is 8.12. The lowest BCUT2D eigenvalue weighted by molar-refractivity contribution is 0.355. The molecule has 0 amide bonds. The minimum absolute atomic E-state index is 0.303. The van der Waals surface area contributed by atoms with Crippen molar-refractivity contribution in [3.05, 3.63) is 54.2 Å². The fraction of sp³-hybridized carbons (Fsp3) is 0.200. The number of sulfone groups is 1. The number of aromatic nitrogens is 1. The maximum atomic E-state index is 11.7. The zero-order valence-electron chi connectivity index (χ0n) is 15.2. The Bertz CT molecular complexity index is 1030. The molecule has 0 unspecified atom stereocenters. The second-order valence-electron chi connectivity index (χ2n) is 6.11. The molecule has 0 radical (unpaired) electrons. The Morgan fingerprint density at radius 1 is 0.846 bits per heavy atom. The lowest BCUT2D eigenvalue weighted by atomic mass is 10.0. The zero-order chi connectivity index (χ0) is 18.9. The maximum Gasteiger partial charge on any atom is 0.175 e. The first kappa shape index (κ1) is 18.1. The van der Waals surface area contributed by atoms with Crippen molar-refractivity contribution in [2.75, 3.05) is 20.5 Å². The van der Waals surface area contributed by atoms with Crippen LogP contribution in [0, 0.1) is 6.92 Å². The van der Waals surface area contributed by atoms with Gasteiger partial charge in [-0.3, -0.25) is 0 Å². The number of H-pyrrole nitrogens is 1. The number of hydrogen-bond acceptors (Lipinski definition) is 4. The van der Waals surface area contributed by atoms with Crippen LogP contribution in [-0.4, -0.2) is 33.9 Å². The van der Waals surface area contributed by atoms with Crippen molar-refractivity contribution in [1.29, 1.82) is 0 Å². The van der Waals surface area contributed by atoms with Crippen molar-refractivity contribution in [2.24, 2.45) is 0 Å². The van der Waals surface area contributed by atoms with Crippen LogP contribution in [0.15, 0.2) is 53.4 Å². The van der Waals surface area contributed by atoms with E-state index in [1.54, 1.807) is 26.4 Å². The predicted molar refractivity (Wildman–Crippen MR) is 103 cm³/mol. The van der Waals surface area contributed by atoms with Gasteiger partial charge in [0.25, 0.3) is 0 Å². The van der Waals surface area contributed by atoms with Crippen molar-refractivity contribution < 1.29 is 17.9 Å². The Morgan fingerprint density at radius 3 is 2.04 bits per heavy atom. The minimum atomic E-state index is -3.22. The summed E-state index contributed by atoms with van der Waals surface area (Å²) < 4.78 is 34.0. The monoisotopic (exact) mass is 371 g/mol. The van der Waals surface area contributed by atoms with Crippen molar-refractivity contribution in [3.8, 4) is 33.9 Å². The van der Waals surface area contributed by atoms with Gasteiger partial charge in [0.1, 0.15) is 0 Å². The largest absolute Gasteiger partial charge is 0.493 e. The normalized spacial score (nSPS) is 11.4. The standard InChI is InChI=1S/C20H21NO4S/c1-13-11-17(15-7-10-18(24-2)19(12-15)25-3)20(21-13)14-5-8-16(9-6-14)26(4,22)23/h5-12,21H,1-4H3. The summed E-state index contributed by atoms with van der Waals surface area (Å²) in [5, 5.41) is 0. The van der Waals surface area contributed by atoms with E-state index >= 15 is 0 Å². The van der Waals surface area contributed by atoms with Crippen LogP contribution >= 0.6 is 0 Å². The summed E-state index contributed by atoms with van der Waals surface area (Å²) in [4.78, 5) is 3.67. The van der Waals surface area contributed by atoms with Gasteiger partial charge in [-0.05, 0) is 48.4 Å². The summed E-state index contributed by atoms with van der Waals surface area (Å²) in [6, 6.07) is 14.7. The third-order valence-corrected chi connectivity index (χ3v) is 5.35. The molecule has 0 fully saturated rings. The van der Waals surface area contributed by atoms with Gasteiger partial charge in [-0.2, -0.15) is 0 Å². The smallest absolute Gasteiger partial charge is 0.175 e. The summed E-state index contributed by atoms with van der Waals surface area (Å²) >= 11 is 0. The van der Waals surface area contributed by atoms with E-state index in [1.807, 2.05) is 37.3 Å². The van der Waals surface area contributed by atoms with Crippen molar-refractivity contribution in [3.63, 3.8) is 0 Å². The summed E-state index contributed by atoms with van der Waals surface area (Å²) in [5.74, 6) is 1.32. The number of nitrogens with one attached hydrogen (secondary N) is 1. The van der Waals surface area contributed by atoms with Crippen LogP contribution in [0.5, 0.6) is 11.5 Å². The molecule has 3 rings (SSSR count). The topological polar surface area (TPSA) is 68.4 Å². The highest BCUT2D eigenvalue weighted by atomic mass is 32.2. The highest BCUT2D eigenvalue weighted by molar-refractivity contribution is 7.90. The summed E-state index contributed by atoms with van der Waals surface area (Å²) in [7, 11) is -0.00631. The molecule has 26 heavy (non-hydrogen) atoms. The molecule has 6 heteroatoms. The third kappa shape index (κ3) is 3.46. The Morgan fingerprint density at radius 2 is 1.46 bits per heavy atom. The number of rotatable bonds is 5. The Kier molecular flexibility index (Phi) is 4.78. The molecule has 0 bridgehead atoms. The van der Waals surface area contributed by atoms with Gasteiger partial charge in [-0.15, -0.1) is 0 Å². The first-order valence-electron chi connectivity index (χ1n) is 8.06. The first-order chi connectivity index (χ1) is 12.3. The fourth-order valence-corrected chi connectivity index (χ4v) is 3.55. The maximum absolute atomic E-state index is 11.7. The molecule has 0 saturated carbocycles. The first-order valence-corrected chi connectivity index (χ1v) is 9.95. The number of benzene rings is 2. The fourth-order valence-electron chi connectivity index (χ4n) is 2.92. The van der Waals surface area contributed by atoms with E-state index in [2.05, 4.69) is 11.1 Å². The van der Waals surface area contributed by atoms with E-state index in [4.69, 9.17) is 9.47 Å². The van der Waals surface area contributed by atoms with Gasteiger partial charge in [-0.1, -0.05) is 18.2 Å². The van der Waals surface area contributed by atoms with Gasteiger partial charge >= 0.3 is 0 Å². The van der Waals surface area contributed by atoms with Gasteiger partial charge < -0.3 is 14.5 Å². The van der Waals surface area contributed by atoms with Crippen LogP contribution in [0.4, 0.5) is 0 Å². The molecular weight excluding hydrogens is 350 g/mol. The Hall–Kier alpha value is -2.73. The van der Waals surface area contributed by atoms with Crippen molar-refractivity contribution in [1.82, 2.24) is 4.98 Å². The van der Waals surface area contributed by atoms with Gasteiger partial charge in [0.2, 0.25) is 0 Å². The average molecular weight is 371 g/mol. The zero-order valence-corrected chi connectivity index (χ0v) is 16.0. The van der Waals surface area contributed by atoms with E-state index in [9.17, 15) is 8.42 Å². The molecular formula is C20H21NO4S. The van der Waals surface area contributed by atoms with Crippen LogP contribution in [0.1, 0.15) is 5.69 Å². The van der Waals surface area contributed by atoms with E-state index in [-0.39, 0.29) is 0 Å². The summed E-state index contributed by atoms with van der Waals surface area (Å²) in [6.45, 7) is 1.98. The molecule has 0 aliphatic heterocycles. The van der Waals surface area contributed by atoms with Gasteiger partial charge in [0.15, 0.2) is 21.3 Å². The minimum Gasteiger partial charge on any atom is -0.493 e. The number of ether oxygens (including phenoxy) is 2. The van der Waals surface area contributed by atoms with Crippen LogP contribution in [-0.2, 0) is 9.84 Å². The van der Waals surface area contributed by atoms with E-state index in [1.165, 1.54) is 6.26 Å². The molecule has 3 aromatic rings. The predicted octanol–water partition coefficient (Wildman–Crippen LogP) is 4.08. The van der Waals surface area contributed by atoms with E-state index in [0.717, 1.165) is 28.1 Å². The van der Waals surface area contributed by atoms with Gasteiger partial charge in [0.05, 0.1) is 24.8 Å². The van der Waals surface area contributed by atoms with Gasteiger partial charge in [0, 0.05) is 17.5 Å². The lowest BCUT2D eigenvalue weighted by Crippen LogP contribution is -1.96. The number of methoxy groups -OCH3 is 2. The molecule has 136 valence electrons. The third-order valence-electron chi connectivity index (χ3n) is 4.22. The molecule has 1 aromatic heterocycles. The molecule has 1 heterocycles. The van der Waals surface area contributed by atoms with Crippen LogP contribution in [0.25, 0.3) is 22.4 Å². The molecule has 2 aromatic carbocycles. The van der Waals surface area contributed by atoms with E-state index in [0.29, 0.717) is 16.4 Å².